The lowest BCUT2D eigenvalue weighted by Gasteiger charge is -2.36. The first-order valence-corrected chi connectivity index (χ1v) is 11.2. The molecule has 3 heterocycles. The molecule has 1 amide bonds. The van der Waals surface area contributed by atoms with E-state index in [9.17, 15) is 14.9 Å². The van der Waals surface area contributed by atoms with Gasteiger partial charge in [-0.1, -0.05) is 13.0 Å². The van der Waals surface area contributed by atoms with Crippen molar-refractivity contribution in [1.82, 2.24) is 14.9 Å². The van der Waals surface area contributed by atoms with Crippen molar-refractivity contribution in [2.45, 2.75) is 34.1 Å². The summed E-state index contributed by atoms with van der Waals surface area (Å²) in [6.45, 7) is 10.3. The van der Waals surface area contributed by atoms with E-state index in [1.54, 1.807) is 35.3 Å². The Hall–Kier alpha value is -3.07. The highest BCUT2D eigenvalue weighted by Crippen LogP contribution is 2.35. The number of anilines is 1. The molecule has 1 saturated heterocycles. The smallest absolute Gasteiger partial charge is 0.273 e. The molecule has 3 aromatic rings. The molecule has 9 heteroatoms. The highest BCUT2D eigenvalue weighted by molar-refractivity contribution is 7.18. The van der Waals surface area contributed by atoms with Crippen molar-refractivity contribution in [3.8, 4) is 0 Å². The number of aryl methyl sites for hydroxylation is 4. The molecule has 0 saturated carbocycles. The number of nitro groups is 1. The van der Waals surface area contributed by atoms with Crippen LogP contribution in [0, 0.1) is 30.9 Å². The third kappa shape index (κ3) is 3.85. The van der Waals surface area contributed by atoms with E-state index < -0.39 is 4.92 Å². The van der Waals surface area contributed by atoms with Crippen LogP contribution in [0.4, 0.5) is 11.5 Å². The van der Waals surface area contributed by atoms with Gasteiger partial charge in [-0.05, 0) is 32.4 Å². The van der Waals surface area contributed by atoms with Crippen LogP contribution in [0.2, 0.25) is 0 Å². The van der Waals surface area contributed by atoms with Crippen LogP contribution < -0.4 is 4.90 Å². The first-order chi connectivity index (χ1) is 14.8. The fraction of sp³-hybridized carbons (Fsp3) is 0.409. The number of hydrogen-bond donors (Lipinski definition) is 0. The number of rotatable bonds is 4. The minimum absolute atomic E-state index is 0.0248. The van der Waals surface area contributed by atoms with Gasteiger partial charge in [0.1, 0.15) is 16.5 Å². The number of nitro benzene ring substituents is 1. The van der Waals surface area contributed by atoms with Crippen molar-refractivity contribution >= 4 is 39.0 Å². The van der Waals surface area contributed by atoms with Crippen molar-refractivity contribution in [2.24, 2.45) is 0 Å². The summed E-state index contributed by atoms with van der Waals surface area (Å²) >= 11 is 1.70. The Bertz CT molecular complexity index is 1180. The number of aromatic nitrogens is 2. The zero-order valence-corrected chi connectivity index (χ0v) is 19.0. The molecular formula is C22H25N5O3S. The minimum atomic E-state index is -0.444. The molecule has 0 unspecified atom stereocenters. The molecule has 162 valence electrons. The molecule has 8 nitrogen and oxygen atoms in total. The Labute approximate surface area is 184 Å². The summed E-state index contributed by atoms with van der Waals surface area (Å²) in [4.78, 5) is 39.5. The molecule has 0 N–H and O–H groups in total. The second-order valence-corrected chi connectivity index (χ2v) is 9.02. The molecule has 1 aliphatic rings. The Morgan fingerprint density at radius 3 is 2.52 bits per heavy atom. The molecule has 0 radical (unpaired) electrons. The first-order valence-electron chi connectivity index (χ1n) is 10.4. The fourth-order valence-corrected chi connectivity index (χ4v) is 4.94. The molecule has 4 rings (SSSR count). The average molecular weight is 440 g/mol. The number of piperazine rings is 1. The van der Waals surface area contributed by atoms with Gasteiger partial charge in [-0.15, -0.1) is 11.3 Å². The second kappa shape index (κ2) is 8.22. The third-order valence-corrected chi connectivity index (χ3v) is 6.99. The number of fused-ring (bicyclic) bond motifs is 1. The lowest BCUT2D eigenvalue weighted by atomic mass is 10.1. The van der Waals surface area contributed by atoms with E-state index in [0.717, 1.165) is 28.3 Å². The van der Waals surface area contributed by atoms with Crippen LogP contribution in [0.15, 0.2) is 18.2 Å². The van der Waals surface area contributed by atoms with Gasteiger partial charge in [-0.2, -0.15) is 0 Å². The average Bonchev–Trinajstić information content (AvgIpc) is 3.06. The van der Waals surface area contributed by atoms with E-state index in [1.807, 2.05) is 0 Å². The van der Waals surface area contributed by atoms with Gasteiger partial charge in [-0.3, -0.25) is 14.9 Å². The van der Waals surface area contributed by atoms with Gasteiger partial charge in [0.2, 0.25) is 0 Å². The maximum Gasteiger partial charge on any atom is 0.273 e. The van der Waals surface area contributed by atoms with E-state index >= 15 is 0 Å². The van der Waals surface area contributed by atoms with E-state index in [1.165, 1.54) is 16.5 Å². The Morgan fingerprint density at radius 2 is 1.87 bits per heavy atom. The van der Waals surface area contributed by atoms with Gasteiger partial charge >= 0.3 is 0 Å². The van der Waals surface area contributed by atoms with Crippen LogP contribution in [0.25, 0.3) is 10.2 Å². The Kier molecular flexibility index (Phi) is 5.62. The molecule has 31 heavy (non-hydrogen) atoms. The molecular weight excluding hydrogens is 414 g/mol. The van der Waals surface area contributed by atoms with Crippen LogP contribution in [0.1, 0.15) is 39.1 Å². The van der Waals surface area contributed by atoms with Gasteiger partial charge in [0.25, 0.3) is 11.6 Å². The largest absolute Gasteiger partial charge is 0.352 e. The highest BCUT2D eigenvalue weighted by atomic mass is 32.1. The van der Waals surface area contributed by atoms with E-state index in [-0.39, 0.29) is 11.6 Å². The lowest BCUT2D eigenvalue weighted by molar-refractivity contribution is -0.385. The monoisotopic (exact) mass is 439 g/mol. The summed E-state index contributed by atoms with van der Waals surface area (Å²) in [6, 6.07) is 4.67. The number of benzene rings is 1. The first kappa shape index (κ1) is 21.2. The summed E-state index contributed by atoms with van der Waals surface area (Å²) < 4.78 is 0. The predicted molar refractivity (Wildman–Crippen MR) is 122 cm³/mol. The van der Waals surface area contributed by atoms with Gasteiger partial charge in [0.05, 0.1) is 10.3 Å². The quantitative estimate of drug-likeness (QED) is 0.450. The molecule has 1 fully saturated rings. The maximum atomic E-state index is 13.0. The van der Waals surface area contributed by atoms with Crippen molar-refractivity contribution in [2.75, 3.05) is 31.1 Å². The van der Waals surface area contributed by atoms with Crippen LogP contribution in [0.3, 0.4) is 0 Å². The zero-order valence-electron chi connectivity index (χ0n) is 18.1. The summed E-state index contributed by atoms with van der Waals surface area (Å²) in [5, 5.41) is 12.3. The molecule has 1 aromatic carbocycles. The number of carbonyl (C=O) groups excluding carboxylic acids is 1. The Balaban J connectivity index is 1.56. The topological polar surface area (TPSA) is 92.5 Å². The van der Waals surface area contributed by atoms with Crippen LogP contribution >= 0.6 is 11.3 Å². The number of nitrogens with zero attached hydrogens (tertiary/aromatic N) is 5. The van der Waals surface area contributed by atoms with Crippen molar-refractivity contribution < 1.29 is 9.72 Å². The lowest BCUT2D eigenvalue weighted by Crippen LogP contribution is -2.49. The van der Waals surface area contributed by atoms with E-state index in [0.29, 0.717) is 37.3 Å². The van der Waals surface area contributed by atoms with Gasteiger partial charge in [-0.25, -0.2) is 9.97 Å². The highest BCUT2D eigenvalue weighted by Gasteiger charge is 2.27. The van der Waals surface area contributed by atoms with Gasteiger partial charge in [0.15, 0.2) is 0 Å². The van der Waals surface area contributed by atoms with Crippen LogP contribution in [-0.2, 0) is 6.42 Å². The summed E-state index contributed by atoms with van der Waals surface area (Å²) in [5.41, 5.74) is 2.09. The number of hydrogen-bond acceptors (Lipinski definition) is 7. The van der Waals surface area contributed by atoms with Crippen LogP contribution in [-0.4, -0.2) is 51.9 Å². The summed E-state index contributed by atoms with van der Waals surface area (Å²) in [6.07, 6.45) is 0.767. The Morgan fingerprint density at radius 1 is 1.16 bits per heavy atom. The number of carbonyl (C=O) groups is 1. The third-order valence-electron chi connectivity index (χ3n) is 5.89. The van der Waals surface area contributed by atoms with Gasteiger partial charge in [0, 0.05) is 54.7 Å². The molecule has 0 atom stereocenters. The van der Waals surface area contributed by atoms with E-state index in [4.69, 9.17) is 9.97 Å². The predicted octanol–water partition coefficient (Wildman–Crippen LogP) is 4.05. The zero-order chi connectivity index (χ0) is 22.3. The van der Waals surface area contributed by atoms with Crippen molar-refractivity contribution in [1.29, 1.82) is 0 Å². The number of amides is 1. The van der Waals surface area contributed by atoms with Crippen molar-refractivity contribution in [3.63, 3.8) is 0 Å². The SMILES string of the molecule is CCc1nc(N2CCN(C(=O)c3ccc(C)c([N+](=O)[O-])c3)CC2)c2c(C)c(C)sc2n1. The maximum absolute atomic E-state index is 13.0. The number of thiophene rings is 1. The van der Waals surface area contributed by atoms with Crippen LogP contribution in [0.5, 0.6) is 0 Å². The fourth-order valence-electron chi connectivity index (χ4n) is 3.90. The standard InChI is InChI=1S/C22H25N5O3S/c1-5-18-23-20(19-14(3)15(4)31-21(19)24-18)25-8-10-26(11-9-25)22(28)16-7-6-13(2)17(12-16)27(29)30/h6-7,12H,5,8-11H2,1-4H3. The molecule has 0 bridgehead atoms. The molecule has 0 aliphatic carbocycles. The minimum Gasteiger partial charge on any atom is -0.352 e. The molecule has 1 aliphatic heterocycles. The molecule has 2 aromatic heterocycles. The molecule has 0 spiro atoms. The normalized spacial score (nSPS) is 14.3. The van der Waals surface area contributed by atoms with E-state index in [2.05, 4.69) is 25.7 Å². The second-order valence-electron chi connectivity index (χ2n) is 7.82. The summed E-state index contributed by atoms with van der Waals surface area (Å²) in [7, 11) is 0. The summed E-state index contributed by atoms with van der Waals surface area (Å²) in [5.74, 6) is 1.60. The van der Waals surface area contributed by atoms with Crippen molar-refractivity contribution in [3.05, 3.63) is 55.7 Å². The van der Waals surface area contributed by atoms with Gasteiger partial charge < -0.3 is 9.80 Å².